The third-order valence-corrected chi connectivity index (χ3v) is 4.47. The predicted molar refractivity (Wildman–Crippen MR) is 76.1 cm³/mol. The van der Waals surface area contributed by atoms with E-state index in [0.717, 1.165) is 5.56 Å². The molecule has 20 heavy (non-hydrogen) atoms. The van der Waals surface area contributed by atoms with E-state index in [-0.39, 0.29) is 11.4 Å². The third-order valence-electron chi connectivity index (χ3n) is 2.85. The Kier molecular flexibility index (Phi) is 4.14. The van der Waals surface area contributed by atoms with E-state index in [0.29, 0.717) is 9.98 Å². The Morgan fingerprint density at radius 1 is 1.00 bits per heavy atom. The van der Waals surface area contributed by atoms with Crippen LogP contribution in [0.2, 0.25) is 0 Å². The van der Waals surface area contributed by atoms with Crippen molar-refractivity contribution in [1.82, 2.24) is 4.41 Å². The standard InChI is InChI=1S/C14H14N2O3S/c1-12-7-9-14(10-8-12)20(18,19)16(15-17)11-13-5-3-2-4-6-13/h2-10H,11H2,1H3. The quantitative estimate of drug-likeness (QED) is 0.628. The SMILES string of the molecule is Cc1ccc(S(=O)(=O)N(Cc2ccccc2)N=O)cc1. The molecule has 0 fully saturated rings. The Hall–Kier alpha value is -2.21. The minimum absolute atomic E-state index is 0.0543. The summed E-state index contributed by atoms with van der Waals surface area (Å²) >= 11 is 0. The Labute approximate surface area is 117 Å². The van der Waals surface area contributed by atoms with Crippen molar-refractivity contribution < 1.29 is 8.42 Å². The number of sulfonamides is 1. The lowest BCUT2D eigenvalue weighted by molar-refractivity contribution is 0.421. The van der Waals surface area contributed by atoms with Gasteiger partial charge in [0.2, 0.25) is 0 Å². The number of nitrogens with zero attached hydrogens (tertiary/aromatic N) is 2. The number of benzene rings is 2. The molecule has 0 unspecified atom stereocenters. The molecular weight excluding hydrogens is 276 g/mol. The van der Waals surface area contributed by atoms with Crippen LogP contribution in [-0.4, -0.2) is 12.8 Å². The van der Waals surface area contributed by atoms with Crippen LogP contribution in [0.5, 0.6) is 0 Å². The Morgan fingerprint density at radius 2 is 1.60 bits per heavy atom. The Morgan fingerprint density at radius 3 is 2.15 bits per heavy atom. The number of rotatable bonds is 5. The fourth-order valence-electron chi connectivity index (χ4n) is 1.73. The molecule has 2 rings (SSSR count). The van der Waals surface area contributed by atoms with Crippen LogP contribution in [-0.2, 0) is 16.6 Å². The van der Waals surface area contributed by atoms with E-state index >= 15 is 0 Å². The first kappa shape index (κ1) is 14.2. The molecule has 0 saturated heterocycles. The summed E-state index contributed by atoms with van der Waals surface area (Å²) in [6.45, 7) is 1.77. The van der Waals surface area contributed by atoms with Crippen LogP contribution in [0, 0.1) is 11.8 Å². The smallest absolute Gasteiger partial charge is 0.200 e. The molecule has 104 valence electrons. The topological polar surface area (TPSA) is 66.8 Å². The van der Waals surface area contributed by atoms with Crippen LogP contribution in [0.15, 0.2) is 64.8 Å². The van der Waals surface area contributed by atoms with E-state index in [9.17, 15) is 13.3 Å². The summed E-state index contributed by atoms with van der Waals surface area (Å²) in [6.07, 6.45) is 0. The second-order valence-electron chi connectivity index (χ2n) is 4.37. The second-order valence-corrected chi connectivity index (χ2v) is 6.21. The largest absolute Gasteiger partial charge is 0.281 e. The van der Waals surface area contributed by atoms with Gasteiger partial charge in [-0.15, -0.1) is 9.32 Å². The predicted octanol–water partition coefficient (Wildman–Crippen LogP) is 2.87. The van der Waals surface area contributed by atoms with Gasteiger partial charge in [0.05, 0.1) is 16.7 Å². The molecule has 5 nitrogen and oxygen atoms in total. The molecule has 0 radical (unpaired) electrons. The molecule has 6 heteroatoms. The summed E-state index contributed by atoms with van der Waals surface area (Å²) in [5.41, 5.74) is 1.64. The molecule has 2 aromatic rings. The summed E-state index contributed by atoms with van der Waals surface area (Å²) in [7, 11) is -3.91. The molecule has 0 aliphatic rings. The highest BCUT2D eigenvalue weighted by Gasteiger charge is 2.24. The minimum atomic E-state index is -3.91. The van der Waals surface area contributed by atoms with Crippen LogP contribution < -0.4 is 0 Å². The molecule has 0 aliphatic heterocycles. The molecule has 0 atom stereocenters. The number of hydrogen-bond donors (Lipinski definition) is 0. The van der Waals surface area contributed by atoms with Gasteiger partial charge in [-0.1, -0.05) is 48.0 Å². The van der Waals surface area contributed by atoms with Crippen molar-refractivity contribution in [2.45, 2.75) is 18.4 Å². The third kappa shape index (κ3) is 3.03. The molecule has 0 bridgehead atoms. The number of nitroso groups, excluding NO2 is 1. The summed E-state index contributed by atoms with van der Waals surface area (Å²) < 4.78 is 25.2. The van der Waals surface area contributed by atoms with E-state index in [4.69, 9.17) is 0 Å². The van der Waals surface area contributed by atoms with Crippen LogP contribution in [0.1, 0.15) is 11.1 Å². The van der Waals surface area contributed by atoms with E-state index in [1.165, 1.54) is 12.1 Å². The summed E-state index contributed by atoms with van der Waals surface area (Å²) in [4.78, 5) is 10.9. The van der Waals surface area contributed by atoms with E-state index < -0.39 is 10.0 Å². The van der Waals surface area contributed by atoms with Crippen molar-refractivity contribution in [2.24, 2.45) is 5.29 Å². The van der Waals surface area contributed by atoms with Crippen molar-refractivity contribution in [3.8, 4) is 0 Å². The second kappa shape index (κ2) is 5.83. The normalized spacial score (nSPS) is 11.1. The molecule has 0 saturated carbocycles. The lowest BCUT2D eigenvalue weighted by atomic mass is 10.2. The Balaban J connectivity index is 2.30. The average Bonchev–Trinajstić information content (AvgIpc) is 2.46. The maximum Gasteiger partial charge on any atom is 0.281 e. The lowest BCUT2D eigenvalue weighted by Gasteiger charge is -2.15. The summed E-state index contributed by atoms with van der Waals surface area (Å²) in [5.74, 6) is 0. The van der Waals surface area contributed by atoms with Crippen LogP contribution in [0.25, 0.3) is 0 Å². The lowest BCUT2D eigenvalue weighted by Crippen LogP contribution is -2.25. The van der Waals surface area contributed by atoms with Gasteiger partial charge in [0.15, 0.2) is 0 Å². The number of aryl methyl sites for hydroxylation is 1. The van der Waals surface area contributed by atoms with Gasteiger partial charge in [-0.2, -0.15) is 8.42 Å². The molecule has 0 N–H and O–H groups in total. The minimum Gasteiger partial charge on any atom is -0.200 e. The van der Waals surface area contributed by atoms with Gasteiger partial charge in [-0.25, -0.2) is 0 Å². The first-order chi connectivity index (χ1) is 9.54. The molecular formula is C14H14N2O3S. The van der Waals surface area contributed by atoms with Crippen molar-refractivity contribution in [3.63, 3.8) is 0 Å². The molecule has 0 heterocycles. The monoisotopic (exact) mass is 290 g/mol. The Bertz CT molecular complexity index is 682. The van der Waals surface area contributed by atoms with Gasteiger partial charge < -0.3 is 0 Å². The van der Waals surface area contributed by atoms with Crippen molar-refractivity contribution in [3.05, 3.63) is 70.6 Å². The van der Waals surface area contributed by atoms with Crippen molar-refractivity contribution >= 4 is 10.0 Å². The fraction of sp³-hybridized carbons (Fsp3) is 0.143. The van der Waals surface area contributed by atoms with Gasteiger partial charge in [0.25, 0.3) is 10.0 Å². The van der Waals surface area contributed by atoms with Gasteiger partial charge in [0, 0.05) is 0 Å². The first-order valence-electron chi connectivity index (χ1n) is 6.00. The van der Waals surface area contributed by atoms with E-state index in [1.807, 2.05) is 13.0 Å². The van der Waals surface area contributed by atoms with Crippen molar-refractivity contribution in [2.75, 3.05) is 0 Å². The maximum absolute atomic E-state index is 12.3. The fourth-order valence-corrected chi connectivity index (χ4v) is 2.86. The number of hydrogen-bond acceptors (Lipinski definition) is 4. The van der Waals surface area contributed by atoms with Crippen LogP contribution in [0.3, 0.4) is 0 Å². The van der Waals surface area contributed by atoms with Crippen molar-refractivity contribution in [1.29, 1.82) is 0 Å². The van der Waals surface area contributed by atoms with E-state index in [1.54, 1.807) is 36.4 Å². The zero-order valence-corrected chi connectivity index (χ0v) is 11.7. The highest BCUT2D eigenvalue weighted by Crippen LogP contribution is 2.19. The average molecular weight is 290 g/mol. The molecule has 2 aromatic carbocycles. The molecule has 0 spiro atoms. The van der Waals surface area contributed by atoms with Gasteiger partial charge in [-0.3, -0.25) is 0 Å². The maximum atomic E-state index is 12.3. The zero-order valence-electron chi connectivity index (χ0n) is 10.9. The van der Waals surface area contributed by atoms with E-state index in [2.05, 4.69) is 5.29 Å². The highest BCUT2D eigenvalue weighted by molar-refractivity contribution is 7.89. The molecule has 0 amide bonds. The summed E-state index contributed by atoms with van der Waals surface area (Å²) in [5, 5.41) is 2.65. The van der Waals surface area contributed by atoms with Gasteiger partial charge in [0.1, 0.15) is 0 Å². The van der Waals surface area contributed by atoms with Crippen LogP contribution >= 0.6 is 0 Å². The van der Waals surface area contributed by atoms with Gasteiger partial charge in [-0.05, 0) is 24.6 Å². The first-order valence-corrected chi connectivity index (χ1v) is 7.44. The molecule has 0 aromatic heterocycles. The highest BCUT2D eigenvalue weighted by atomic mass is 32.2. The van der Waals surface area contributed by atoms with Crippen LogP contribution in [0.4, 0.5) is 0 Å². The molecule has 0 aliphatic carbocycles. The zero-order chi connectivity index (χ0) is 14.6. The summed E-state index contributed by atoms with van der Waals surface area (Å²) in [6, 6.07) is 15.1. The van der Waals surface area contributed by atoms with Gasteiger partial charge >= 0.3 is 0 Å².